The van der Waals surface area contributed by atoms with E-state index in [1.54, 1.807) is 0 Å². The molecule has 0 aromatic heterocycles. The minimum atomic E-state index is -0.824. The van der Waals surface area contributed by atoms with Gasteiger partial charge in [0.05, 0.1) is 0 Å². The Morgan fingerprint density at radius 1 is 1.12 bits per heavy atom. The summed E-state index contributed by atoms with van der Waals surface area (Å²) >= 11 is 0. The van der Waals surface area contributed by atoms with E-state index in [-0.39, 0.29) is 12.3 Å². The van der Waals surface area contributed by atoms with Gasteiger partial charge in [-0.3, -0.25) is 9.59 Å². The van der Waals surface area contributed by atoms with Crippen molar-refractivity contribution in [2.24, 2.45) is 0 Å². The van der Waals surface area contributed by atoms with E-state index in [1.165, 1.54) is 0 Å². The van der Waals surface area contributed by atoms with Crippen LogP contribution >= 0.6 is 0 Å². The van der Waals surface area contributed by atoms with Gasteiger partial charge in [-0.1, -0.05) is 13.8 Å². The van der Waals surface area contributed by atoms with Gasteiger partial charge in [0.2, 0.25) is 5.91 Å². The lowest BCUT2D eigenvalue weighted by molar-refractivity contribution is -0.137. The maximum atomic E-state index is 11.2. The van der Waals surface area contributed by atoms with Crippen LogP contribution in [-0.4, -0.2) is 36.1 Å². The first-order chi connectivity index (χ1) is 7.52. The summed E-state index contributed by atoms with van der Waals surface area (Å²) in [5.74, 6) is -0.827. The van der Waals surface area contributed by atoms with Gasteiger partial charge < -0.3 is 15.7 Å². The van der Waals surface area contributed by atoms with Crippen LogP contribution in [0.2, 0.25) is 0 Å². The molecule has 1 amide bonds. The highest BCUT2D eigenvalue weighted by Gasteiger charge is 2.01. The zero-order valence-corrected chi connectivity index (χ0v) is 10.1. The Balaban J connectivity index is 3.28. The van der Waals surface area contributed by atoms with Crippen LogP contribution < -0.4 is 10.6 Å². The van der Waals surface area contributed by atoms with Crippen LogP contribution in [0, 0.1) is 0 Å². The Labute approximate surface area is 96.6 Å². The van der Waals surface area contributed by atoms with Crippen molar-refractivity contribution in [3.05, 3.63) is 0 Å². The third-order valence-corrected chi connectivity index (χ3v) is 2.02. The normalized spacial score (nSPS) is 10.4. The van der Waals surface area contributed by atoms with Crippen molar-refractivity contribution in [1.29, 1.82) is 0 Å². The predicted octanol–water partition coefficient (Wildman–Crippen LogP) is 0.746. The molecule has 3 N–H and O–H groups in total. The highest BCUT2D eigenvalue weighted by molar-refractivity contribution is 5.75. The molecule has 0 radical (unpaired) electrons. The Morgan fingerprint density at radius 3 is 2.31 bits per heavy atom. The largest absolute Gasteiger partial charge is 0.481 e. The fourth-order valence-electron chi connectivity index (χ4n) is 1.20. The zero-order chi connectivity index (χ0) is 12.4. The molecule has 0 aliphatic heterocycles. The topological polar surface area (TPSA) is 78.4 Å². The molecule has 94 valence electrons. The van der Waals surface area contributed by atoms with E-state index in [2.05, 4.69) is 24.5 Å². The minimum absolute atomic E-state index is 0.00375. The van der Waals surface area contributed by atoms with E-state index < -0.39 is 5.97 Å². The lowest BCUT2D eigenvalue weighted by Crippen LogP contribution is -2.27. The summed E-state index contributed by atoms with van der Waals surface area (Å²) in [6.07, 6.45) is 1.90. The van der Waals surface area contributed by atoms with E-state index in [0.29, 0.717) is 25.4 Å². The quantitative estimate of drug-likeness (QED) is 0.511. The van der Waals surface area contributed by atoms with Gasteiger partial charge in [0.1, 0.15) is 0 Å². The summed E-state index contributed by atoms with van der Waals surface area (Å²) in [5, 5.41) is 14.3. The number of aliphatic carboxylic acids is 1. The second-order valence-electron chi connectivity index (χ2n) is 4.06. The SMILES string of the molecule is CC(C)NCCCC(=O)NCCCC(=O)O. The number of carboxylic acids is 1. The molecule has 0 fully saturated rings. The highest BCUT2D eigenvalue weighted by Crippen LogP contribution is 1.90. The van der Waals surface area contributed by atoms with Gasteiger partial charge in [0, 0.05) is 25.4 Å². The van der Waals surface area contributed by atoms with Gasteiger partial charge in [-0.2, -0.15) is 0 Å². The summed E-state index contributed by atoms with van der Waals surface area (Å²) in [6.45, 7) is 5.40. The second kappa shape index (κ2) is 9.15. The molecule has 0 heterocycles. The number of carbonyl (C=O) groups is 2. The number of carboxylic acid groups (broad SMARTS) is 1. The standard InChI is InChI=1S/C11H22N2O3/c1-9(2)12-7-3-5-10(14)13-8-4-6-11(15)16/h9,12H,3-8H2,1-2H3,(H,13,14)(H,15,16). The molecule has 0 aromatic carbocycles. The smallest absolute Gasteiger partial charge is 0.303 e. The Bertz CT molecular complexity index is 217. The van der Waals surface area contributed by atoms with Gasteiger partial charge >= 0.3 is 5.97 Å². The number of rotatable bonds is 9. The third kappa shape index (κ3) is 11.0. The van der Waals surface area contributed by atoms with Gasteiger partial charge in [-0.05, 0) is 19.4 Å². The first-order valence-electron chi connectivity index (χ1n) is 5.74. The number of amides is 1. The molecule has 0 saturated heterocycles. The molecule has 0 rings (SSSR count). The molecule has 0 aromatic rings. The van der Waals surface area contributed by atoms with Crippen molar-refractivity contribution in [3.8, 4) is 0 Å². The van der Waals surface area contributed by atoms with Crippen molar-refractivity contribution >= 4 is 11.9 Å². The average molecular weight is 230 g/mol. The summed E-state index contributed by atoms with van der Waals surface area (Å²) in [7, 11) is 0. The second-order valence-corrected chi connectivity index (χ2v) is 4.06. The van der Waals surface area contributed by atoms with Crippen molar-refractivity contribution < 1.29 is 14.7 Å². The lowest BCUT2D eigenvalue weighted by atomic mass is 10.2. The summed E-state index contributed by atoms with van der Waals surface area (Å²) < 4.78 is 0. The molecule has 0 atom stereocenters. The van der Waals surface area contributed by atoms with E-state index >= 15 is 0 Å². The summed E-state index contributed by atoms with van der Waals surface area (Å²) in [4.78, 5) is 21.4. The van der Waals surface area contributed by atoms with Crippen molar-refractivity contribution in [1.82, 2.24) is 10.6 Å². The maximum absolute atomic E-state index is 11.2. The molecule has 0 aliphatic rings. The number of carbonyl (C=O) groups excluding carboxylic acids is 1. The first-order valence-corrected chi connectivity index (χ1v) is 5.74. The zero-order valence-electron chi connectivity index (χ0n) is 10.1. The number of hydrogen-bond acceptors (Lipinski definition) is 3. The maximum Gasteiger partial charge on any atom is 0.303 e. The van der Waals surface area contributed by atoms with E-state index in [1.807, 2.05) is 0 Å². The Hall–Kier alpha value is -1.10. The Kier molecular flexibility index (Phi) is 8.52. The molecule has 5 heteroatoms. The van der Waals surface area contributed by atoms with Gasteiger partial charge in [0.25, 0.3) is 0 Å². The van der Waals surface area contributed by atoms with E-state index in [0.717, 1.165) is 13.0 Å². The van der Waals surface area contributed by atoms with E-state index in [9.17, 15) is 9.59 Å². The molecule has 0 spiro atoms. The molecule has 0 saturated carbocycles. The first kappa shape index (κ1) is 14.9. The van der Waals surface area contributed by atoms with Crippen molar-refractivity contribution in [2.45, 2.75) is 45.6 Å². The van der Waals surface area contributed by atoms with Crippen LogP contribution in [-0.2, 0) is 9.59 Å². The molecule has 5 nitrogen and oxygen atoms in total. The van der Waals surface area contributed by atoms with Crippen molar-refractivity contribution in [3.63, 3.8) is 0 Å². The van der Waals surface area contributed by atoms with Crippen LogP contribution in [0.1, 0.15) is 39.5 Å². The fraction of sp³-hybridized carbons (Fsp3) is 0.818. The molecule has 0 aliphatic carbocycles. The highest BCUT2D eigenvalue weighted by atomic mass is 16.4. The van der Waals surface area contributed by atoms with Crippen molar-refractivity contribution in [2.75, 3.05) is 13.1 Å². The van der Waals surface area contributed by atoms with Crippen LogP contribution in [0.5, 0.6) is 0 Å². The fourth-order valence-corrected chi connectivity index (χ4v) is 1.20. The molecule has 16 heavy (non-hydrogen) atoms. The molecular formula is C11H22N2O3. The van der Waals surface area contributed by atoms with Gasteiger partial charge in [-0.15, -0.1) is 0 Å². The van der Waals surface area contributed by atoms with Crippen LogP contribution in [0.15, 0.2) is 0 Å². The average Bonchev–Trinajstić information content (AvgIpc) is 2.19. The van der Waals surface area contributed by atoms with Crippen LogP contribution in [0.4, 0.5) is 0 Å². The minimum Gasteiger partial charge on any atom is -0.481 e. The monoisotopic (exact) mass is 230 g/mol. The summed E-state index contributed by atoms with van der Waals surface area (Å²) in [5.41, 5.74) is 0. The molecule has 0 unspecified atom stereocenters. The van der Waals surface area contributed by atoms with Crippen LogP contribution in [0.25, 0.3) is 0 Å². The van der Waals surface area contributed by atoms with Gasteiger partial charge in [-0.25, -0.2) is 0 Å². The number of hydrogen-bond donors (Lipinski definition) is 3. The molecular weight excluding hydrogens is 208 g/mol. The van der Waals surface area contributed by atoms with Gasteiger partial charge in [0.15, 0.2) is 0 Å². The van der Waals surface area contributed by atoms with E-state index in [4.69, 9.17) is 5.11 Å². The lowest BCUT2D eigenvalue weighted by Gasteiger charge is -2.07. The molecule has 0 bridgehead atoms. The predicted molar refractivity (Wildman–Crippen MR) is 62.3 cm³/mol. The van der Waals surface area contributed by atoms with Crippen LogP contribution in [0.3, 0.4) is 0 Å². The number of nitrogens with one attached hydrogen (secondary N) is 2. The Morgan fingerprint density at radius 2 is 1.75 bits per heavy atom. The summed E-state index contributed by atoms with van der Waals surface area (Å²) in [6, 6.07) is 0.443. The third-order valence-electron chi connectivity index (χ3n) is 2.02.